The molecule has 2 radical (unpaired) electrons. The molecule has 0 bridgehead atoms. The summed E-state index contributed by atoms with van der Waals surface area (Å²) in [7, 11) is 0. The normalized spacial score (nSPS) is 41.3. The largest absolute Gasteiger partial charge is 0.394 e. The molecule has 4 aliphatic carbocycles. The first kappa shape index (κ1) is 29.7. The summed E-state index contributed by atoms with van der Waals surface area (Å²) in [6.45, 7) is 11.1. The van der Waals surface area contributed by atoms with E-state index in [-0.39, 0.29) is 43.0 Å². The van der Waals surface area contributed by atoms with Crippen molar-refractivity contribution in [1.29, 1.82) is 0 Å². The van der Waals surface area contributed by atoms with Crippen LogP contribution in [-0.2, 0) is 14.2 Å². The molecular weight excluding hydrogens is 468 g/mol. The van der Waals surface area contributed by atoms with Crippen LogP contribution in [0.15, 0.2) is 0 Å². The Morgan fingerprint density at radius 3 is 2.43 bits per heavy atom. The maximum atomic E-state index is 9.66. The lowest BCUT2D eigenvalue weighted by Gasteiger charge is -2.64. The second-order valence-electron chi connectivity index (χ2n) is 13.0. The maximum Gasteiger partial charge on any atom is 0.143 e. The maximum absolute atomic E-state index is 9.66. The summed E-state index contributed by atoms with van der Waals surface area (Å²) in [5, 5.41) is 28.6. The minimum Gasteiger partial charge on any atom is -0.394 e. The number of ether oxygens (including phenoxy) is 3. The summed E-state index contributed by atoms with van der Waals surface area (Å²) >= 11 is 0. The van der Waals surface area contributed by atoms with Crippen molar-refractivity contribution in [2.45, 2.75) is 104 Å². The molecule has 4 aliphatic rings. The predicted octanol–water partition coefficient (Wildman–Crippen LogP) is 4.95. The van der Waals surface area contributed by atoms with E-state index >= 15 is 0 Å². The number of aliphatic hydroxyl groups excluding tert-OH is 3. The standard InChI is InChI=1S/C31H54O6/c1-5-6-7-21(2)25-8-9-26-29-27(17-23(19-35-20-34)31(25,26)4)30(3)11-10-24(36-14-12-32)16-22(30)18-28(29)37-15-13-33/h21,23-28,32-34H,5-20H2,1-4H3/t21-,23-,24+,25-,26+,27+,28-,30+,31-/m1/s1. The minimum atomic E-state index is -0.213. The van der Waals surface area contributed by atoms with Gasteiger partial charge in [-0.05, 0) is 91.3 Å². The Labute approximate surface area is 225 Å². The molecule has 0 amide bonds. The van der Waals surface area contributed by atoms with Gasteiger partial charge >= 0.3 is 0 Å². The van der Waals surface area contributed by atoms with Crippen molar-refractivity contribution in [3.63, 3.8) is 0 Å². The molecule has 6 nitrogen and oxygen atoms in total. The topological polar surface area (TPSA) is 88.4 Å². The lowest BCUT2D eigenvalue weighted by Crippen LogP contribution is -2.60. The van der Waals surface area contributed by atoms with Crippen LogP contribution in [0.1, 0.15) is 91.9 Å². The van der Waals surface area contributed by atoms with E-state index in [2.05, 4.69) is 27.7 Å². The molecule has 6 heteroatoms. The lowest BCUT2D eigenvalue weighted by molar-refractivity contribution is -0.130. The first-order valence-corrected chi connectivity index (χ1v) is 15.2. The fourth-order valence-electron chi connectivity index (χ4n) is 9.44. The summed E-state index contributed by atoms with van der Waals surface area (Å²) in [6.07, 6.45) is 11.6. The molecular formula is C31H54O6. The molecule has 0 spiro atoms. The fraction of sp³-hybridized carbons (Fsp3) is 0.935. The molecule has 0 aromatic heterocycles. The van der Waals surface area contributed by atoms with Gasteiger partial charge in [0.1, 0.15) is 6.79 Å². The molecule has 0 aliphatic heterocycles. The molecule has 0 aromatic rings. The van der Waals surface area contributed by atoms with Crippen LogP contribution >= 0.6 is 0 Å². The van der Waals surface area contributed by atoms with E-state index in [1.165, 1.54) is 32.1 Å². The molecule has 3 N–H and O–H groups in total. The molecule has 4 rings (SSSR count). The average molecular weight is 523 g/mol. The van der Waals surface area contributed by atoms with Crippen molar-refractivity contribution in [2.75, 3.05) is 39.8 Å². The van der Waals surface area contributed by atoms with Gasteiger partial charge in [0.15, 0.2) is 0 Å². The first-order chi connectivity index (χ1) is 17.8. The van der Waals surface area contributed by atoms with Gasteiger partial charge < -0.3 is 29.5 Å². The summed E-state index contributed by atoms with van der Waals surface area (Å²) in [6, 6.07) is 0. The summed E-state index contributed by atoms with van der Waals surface area (Å²) in [5.41, 5.74) is 0.266. The van der Waals surface area contributed by atoms with Crippen molar-refractivity contribution < 1.29 is 29.5 Å². The van der Waals surface area contributed by atoms with Crippen LogP contribution in [0.5, 0.6) is 0 Å². The molecule has 37 heavy (non-hydrogen) atoms. The van der Waals surface area contributed by atoms with Gasteiger partial charge in [0.25, 0.3) is 0 Å². The number of fused-ring (bicyclic) bond motifs is 5. The SMILES string of the molecule is CCCC[C@@H](C)[C@H]1CC[C@H]2[C]3[C@H](OCCO)C[C]4C[C@@H](OCCO)CC[C@]4(C)[C@H]3C[C@H](COCO)[C@]12C. The van der Waals surface area contributed by atoms with Crippen LogP contribution < -0.4 is 0 Å². The number of rotatable bonds is 13. The van der Waals surface area contributed by atoms with Crippen LogP contribution in [0.25, 0.3) is 0 Å². The average Bonchev–Trinajstić information content (AvgIpc) is 3.26. The Hall–Kier alpha value is -0.240. The van der Waals surface area contributed by atoms with Gasteiger partial charge in [-0.3, -0.25) is 0 Å². The Bertz CT molecular complexity index is 703. The van der Waals surface area contributed by atoms with Crippen molar-refractivity contribution in [1.82, 2.24) is 0 Å². The lowest BCUT2D eigenvalue weighted by atomic mass is 9.41. The Morgan fingerprint density at radius 1 is 0.973 bits per heavy atom. The highest BCUT2D eigenvalue weighted by molar-refractivity contribution is 5.32. The highest BCUT2D eigenvalue weighted by atomic mass is 16.6. The van der Waals surface area contributed by atoms with Gasteiger partial charge in [-0.25, -0.2) is 0 Å². The zero-order valence-corrected chi connectivity index (χ0v) is 23.9. The molecule has 0 unspecified atom stereocenters. The number of hydrogen-bond donors (Lipinski definition) is 3. The smallest absolute Gasteiger partial charge is 0.143 e. The van der Waals surface area contributed by atoms with Crippen LogP contribution in [0, 0.1) is 52.3 Å². The number of hydrogen-bond acceptors (Lipinski definition) is 6. The number of aliphatic hydroxyl groups is 3. The van der Waals surface area contributed by atoms with E-state index in [1.54, 1.807) is 11.8 Å². The Morgan fingerprint density at radius 2 is 1.73 bits per heavy atom. The van der Waals surface area contributed by atoms with E-state index in [0.29, 0.717) is 49.4 Å². The van der Waals surface area contributed by atoms with Crippen molar-refractivity contribution in [3.8, 4) is 0 Å². The molecule has 9 atom stereocenters. The van der Waals surface area contributed by atoms with Crippen LogP contribution in [-0.4, -0.2) is 67.4 Å². The molecule has 4 fully saturated rings. The molecule has 0 heterocycles. The Kier molecular flexibility index (Phi) is 10.4. The van der Waals surface area contributed by atoms with Crippen molar-refractivity contribution in [2.24, 2.45) is 40.4 Å². The second-order valence-corrected chi connectivity index (χ2v) is 13.0. The van der Waals surface area contributed by atoms with Gasteiger partial charge in [-0.15, -0.1) is 0 Å². The first-order valence-electron chi connectivity index (χ1n) is 15.2. The van der Waals surface area contributed by atoms with Crippen LogP contribution in [0.4, 0.5) is 0 Å². The van der Waals surface area contributed by atoms with Gasteiger partial charge in [0, 0.05) is 5.92 Å². The summed E-state index contributed by atoms with van der Waals surface area (Å²) in [5.74, 6) is 5.86. The van der Waals surface area contributed by atoms with E-state index in [0.717, 1.165) is 32.1 Å². The quantitative estimate of drug-likeness (QED) is 0.297. The van der Waals surface area contributed by atoms with Crippen LogP contribution in [0.2, 0.25) is 0 Å². The van der Waals surface area contributed by atoms with E-state index in [4.69, 9.17) is 14.2 Å². The fourth-order valence-corrected chi connectivity index (χ4v) is 9.44. The van der Waals surface area contributed by atoms with Gasteiger partial charge in [-0.1, -0.05) is 47.0 Å². The third-order valence-electron chi connectivity index (χ3n) is 11.3. The molecule has 4 saturated carbocycles. The van der Waals surface area contributed by atoms with Crippen LogP contribution in [0.3, 0.4) is 0 Å². The molecule has 214 valence electrons. The van der Waals surface area contributed by atoms with Gasteiger partial charge in [0.05, 0.1) is 45.2 Å². The van der Waals surface area contributed by atoms with Crippen molar-refractivity contribution in [3.05, 3.63) is 11.8 Å². The van der Waals surface area contributed by atoms with Crippen molar-refractivity contribution >= 4 is 0 Å². The second kappa shape index (κ2) is 13.0. The van der Waals surface area contributed by atoms with Gasteiger partial charge in [0.2, 0.25) is 0 Å². The predicted molar refractivity (Wildman–Crippen MR) is 144 cm³/mol. The van der Waals surface area contributed by atoms with E-state index in [9.17, 15) is 15.3 Å². The summed E-state index contributed by atoms with van der Waals surface area (Å²) in [4.78, 5) is 0. The van der Waals surface area contributed by atoms with E-state index in [1.807, 2.05) is 0 Å². The molecule has 0 saturated heterocycles. The summed E-state index contributed by atoms with van der Waals surface area (Å²) < 4.78 is 18.3. The zero-order chi connectivity index (χ0) is 26.6. The monoisotopic (exact) mass is 522 g/mol. The number of unbranched alkanes of at least 4 members (excludes halogenated alkanes) is 1. The van der Waals surface area contributed by atoms with E-state index < -0.39 is 0 Å². The minimum absolute atomic E-state index is 0.0505. The highest BCUT2D eigenvalue weighted by Crippen LogP contribution is 2.71. The zero-order valence-electron chi connectivity index (χ0n) is 23.9. The highest BCUT2D eigenvalue weighted by Gasteiger charge is 2.66. The molecule has 0 aromatic carbocycles. The third-order valence-corrected chi connectivity index (χ3v) is 11.3. The third kappa shape index (κ3) is 5.67. The Balaban J connectivity index is 1.66. The van der Waals surface area contributed by atoms with Gasteiger partial charge in [-0.2, -0.15) is 0 Å².